The second-order valence-corrected chi connectivity index (χ2v) is 8.43. The highest BCUT2D eigenvalue weighted by Crippen LogP contribution is 2.30. The number of benzene rings is 2. The Morgan fingerprint density at radius 3 is 2.53 bits per heavy atom. The third kappa shape index (κ3) is 3.95. The molecule has 1 fully saturated rings. The van der Waals surface area contributed by atoms with Gasteiger partial charge >= 0.3 is 0 Å². The number of carbonyl (C=O) groups excluding carboxylic acids is 2. The number of nitrogens with zero attached hydrogens (tertiary/aromatic N) is 2. The van der Waals surface area contributed by atoms with Crippen LogP contribution in [0.2, 0.25) is 10.0 Å². The van der Waals surface area contributed by atoms with Crippen molar-refractivity contribution in [3.05, 3.63) is 86.9 Å². The Balaban J connectivity index is 1.79. The molecular weight excluding hydrogens is 472 g/mol. The van der Waals surface area contributed by atoms with Gasteiger partial charge in [-0.2, -0.15) is 0 Å². The molecule has 5 nitrogen and oxygen atoms in total. The number of hydrogen-bond acceptors (Lipinski definition) is 3. The summed E-state index contributed by atoms with van der Waals surface area (Å²) in [6.45, 7) is 3.72. The molecule has 1 aliphatic heterocycles. The topological polar surface area (TPSA) is 54.3 Å². The number of thiocarbonyl (C=S) groups is 1. The lowest BCUT2D eigenvalue weighted by atomic mass is 10.1. The van der Waals surface area contributed by atoms with E-state index in [1.54, 1.807) is 18.2 Å². The molecule has 1 aliphatic rings. The van der Waals surface area contributed by atoms with Gasteiger partial charge in [0.05, 0.1) is 16.4 Å². The zero-order valence-electron chi connectivity index (χ0n) is 16.9. The molecule has 0 radical (unpaired) electrons. The molecule has 0 atom stereocenters. The van der Waals surface area contributed by atoms with Crippen LogP contribution in [0, 0.1) is 19.7 Å². The molecule has 1 saturated heterocycles. The van der Waals surface area contributed by atoms with Crippen LogP contribution < -0.4 is 10.2 Å². The molecular formula is C23H16Cl2FN3O2S. The van der Waals surface area contributed by atoms with Gasteiger partial charge in [-0.05, 0) is 80.2 Å². The van der Waals surface area contributed by atoms with Crippen molar-refractivity contribution in [3.63, 3.8) is 0 Å². The van der Waals surface area contributed by atoms with E-state index in [2.05, 4.69) is 5.32 Å². The summed E-state index contributed by atoms with van der Waals surface area (Å²) in [4.78, 5) is 26.9. The van der Waals surface area contributed by atoms with Gasteiger partial charge in [0.25, 0.3) is 11.8 Å². The molecule has 2 aromatic carbocycles. The maximum absolute atomic E-state index is 13.7. The number of aryl methyl sites for hydroxylation is 1. The predicted octanol–water partition coefficient (Wildman–Crippen LogP) is 5.37. The number of carbonyl (C=O) groups is 2. The summed E-state index contributed by atoms with van der Waals surface area (Å²) in [5, 5.41) is 3.42. The summed E-state index contributed by atoms with van der Waals surface area (Å²) < 4.78 is 15.6. The Kier molecular flexibility index (Phi) is 5.90. The molecule has 1 N–H and O–H groups in total. The van der Waals surface area contributed by atoms with Crippen LogP contribution in [0.3, 0.4) is 0 Å². The van der Waals surface area contributed by atoms with Gasteiger partial charge in [-0.25, -0.2) is 4.39 Å². The van der Waals surface area contributed by atoms with Crippen molar-refractivity contribution in [2.75, 3.05) is 4.90 Å². The fourth-order valence-corrected chi connectivity index (χ4v) is 4.27. The fourth-order valence-electron chi connectivity index (χ4n) is 3.62. The SMILES string of the molecule is Cc1cc(/C=C2\C(=O)NC(=S)N(c3cccc(F)c3)C2=O)c(C)n1-c1cc(Cl)ccc1Cl. The third-order valence-electron chi connectivity index (χ3n) is 5.09. The van der Waals surface area contributed by atoms with Crippen molar-refractivity contribution < 1.29 is 14.0 Å². The lowest BCUT2D eigenvalue weighted by Crippen LogP contribution is -2.54. The van der Waals surface area contributed by atoms with Gasteiger partial charge in [-0.1, -0.05) is 29.3 Å². The molecule has 0 bridgehead atoms. The summed E-state index contributed by atoms with van der Waals surface area (Å²) in [5.41, 5.74) is 3.01. The maximum Gasteiger partial charge on any atom is 0.270 e. The molecule has 0 aliphatic carbocycles. The van der Waals surface area contributed by atoms with Crippen LogP contribution in [0.15, 0.2) is 54.1 Å². The molecule has 162 valence electrons. The minimum Gasteiger partial charge on any atom is -0.316 e. The summed E-state index contributed by atoms with van der Waals surface area (Å²) >= 11 is 17.7. The van der Waals surface area contributed by atoms with Gasteiger partial charge in [-0.15, -0.1) is 0 Å². The Labute approximate surface area is 199 Å². The lowest BCUT2D eigenvalue weighted by Gasteiger charge is -2.28. The summed E-state index contributed by atoms with van der Waals surface area (Å²) in [6, 6.07) is 12.4. The molecule has 9 heteroatoms. The van der Waals surface area contributed by atoms with Crippen LogP contribution in [-0.2, 0) is 9.59 Å². The van der Waals surface area contributed by atoms with Crippen molar-refractivity contribution >= 4 is 64.1 Å². The van der Waals surface area contributed by atoms with Crippen LogP contribution in [0.5, 0.6) is 0 Å². The van der Waals surface area contributed by atoms with Crippen LogP contribution >= 0.6 is 35.4 Å². The summed E-state index contributed by atoms with van der Waals surface area (Å²) in [6.07, 6.45) is 1.49. The molecule has 2 amide bonds. The highest BCUT2D eigenvalue weighted by molar-refractivity contribution is 7.80. The zero-order valence-corrected chi connectivity index (χ0v) is 19.3. The van der Waals surface area contributed by atoms with E-state index in [4.69, 9.17) is 35.4 Å². The Bertz CT molecular complexity index is 1330. The van der Waals surface area contributed by atoms with E-state index in [-0.39, 0.29) is 16.4 Å². The molecule has 3 aromatic rings. The number of aromatic nitrogens is 1. The second-order valence-electron chi connectivity index (χ2n) is 7.20. The Hall–Kier alpha value is -3.00. The van der Waals surface area contributed by atoms with Crippen LogP contribution in [0.25, 0.3) is 11.8 Å². The molecule has 1 aromatic heterocycles. The molecule has 2 heterocycles. The van der Waals surface area contributed by atoms with Crippen LogP contribution in [0.4, 0.5) is 10.1 Å². The number of hydrogen-bond donors (Lipinski definition) is 1. The average molecular weight is 488 g/mol. The minimum atomic E-state index is -0.644. The first-order valence-electron chi connectivity index (χ1n) is 9.49. The van der Waals surface area contributed by atoms with Gasteiger partial charge in [0.15, 0.2) is 5.11 Å². The predicted molar refractivity (Wildman–Crippen MR) is 128 cm³/mol. The largest absolute Gasteiger partial charge is 0.316 e. The third-order valence-corrected chi connectivity index (χ3v) is 5.93. The monoisotopic (exact) mass is 487 g/mol. The first-order valence-corrected chi connectivity index (χ1v) is 10.6. The fraction of sp³-hybridized carbons (Fsp3) is 0.0870. The van der Waals surface area contributed by atoms with Crippen molar-refractivity contribution in [1.82, 2.24) is 9.88 Å². The van der Waals surface area contributed by atoms with Gasteiger partial charge in [-0.3, -0.25) is 19.8 Å². The van der Waals surface area contributed by atoms with Crippen LogP contribution in [0.1, 0.15) is 17.0 Å². The van der Waals surface area contributed by atoms with E-state index >= 15 is 0 Å². The Morgan fingerprint density at radius 2 is 1.81 bits per heavy atom. The van der Waals surface area contributed by atoms with Gasteiger partial charge in [0, 0.05) is 16.4 Å². The number of anilines is 1. The highest BCUT2D eigenvalue weighted by Gasteiger charge is 2.35. The summed E-state index contributed by atoms with van der Waals surface area (Å²) in [5.74, 6) is -1.80. The lowest BCUT2D eigenvalue weighted by molar-refractivity contribution is -0.122. The molecule has 4 rings (SSSR count). The van der Waals surface area contributed by atoms with E-state index in [1.165, 1.54) is 30.3 Å². The van der Waals surface area contributed by atoms with E-state index < -0.39 is 17.6 Å². The van der Waals surface area contributed by atoms with Crippen LogP contribution in [-0.4, -0.2) is 21.5 Å². The number of amides is 2. The second kappa shape index (κ2) is 8.50. The van der Waals surface area contributed by atoms with Crippen molar-refractivity contribution in [2.45, 2.75) is 13.8 Å². The Morgan fingerprint density at radius 1 is 1.06 bits per heavy atom. The highest BCUT2D eigenvalue weighted by atomic mass is 35.5. The average Bonchev–Trinajstić information content (AvgIpc) is 3.00. The van der Waals surface area contributed by atoms with E-state index in [0.29, 0.717) is 21.3 Å². The normalized spacial score (nSPS) is 15.5. The standard InChI is InChI=1S/C23H16Cl2FN3O2S/c1-12-8-14(13(2)28(12)20-10-15(24)6-7-19(20)25)9-18-21(30)27-23(32)29(22(18)31)17-5-3-4-16(26)11-17/h3-11H,1-2H3,(H,27,30,32)/b18-9+. The minimum absolute atomic E-state index is 0.112. The summed E-state index contributed by atoms with van der Waals surface area (Å²) in [7, 11) is 0. The molecule has 0 unspecified atom stereocenters. The molecule has 32 heavy (non-hydrogen) atoms. The first-order chi connectivity index (χ1) is 15.2. The quantitative estimate of drug-likeness (QED) is 0.307. The van der Waals surface area contributed by atoms with Gasteiger partial charge < -0.3 is 4.57 Å². The molecule has 0 spiro atoms. The van der Waals surface area contributed by atoms with E-state index in [1.807, 2.05) is 24.5 Å². The smallest absolute Gasteiger partial charge is 0.270 e. The van der Waals surface area contributed by atoms with Crippen molar-refractivity contribution in [3.8, 4) is 5.69 Å². The van der Waals surface area contributed by atoms with Crippen molar-refractivity contribution in [2.24, 2.45) is 0 Å². The number of nitrogens with one attached hydrogen (secondary N) is 1. The first kappa shape index (κ1) is 22.2. The number of rotatable bonds is 3. The zero-order chi connectivity index (χ0) is 23.2. The number of halogens is 3. The van der Waals surface area contributed by atoms with Gasteiger partial charge in [0.2, 0.25) is 0 Å². The van der Waals surface area contributed by atoms with Gasteiger partial charge in [0.1, 0.15) is 11.4 Å². The molecule has 0 saturated carbocycles. The van der Waals surface area contributed by atoms with E-state index in [9.17, 15) is 14.0 Å². The van der Waals surface area contributed by atoms with Crippen molar-refractivity contribution in [1.29, 1.82) is 0 Å². The van der Waals surface area contributed by atoms with E-state index in [0.717, 1.165) is 16.3 Å². The maximum atomic E-state index is 13.7.